The summed E-state index contributed by atoms with van der Waals surface area (Å²) >= 11 is 1.55. The van der Waals surface area contributed by atoms with E-state index in [9.17, 15) is 0 Å². The Bertz CT molecular complexity index is 982. The Labute approximate surface area is 167 Å². The second-order valence-corrected chi connectivity index (χ2v) is 6.55. The molecule has 0 saturated carbocycles. The third-order valence-corrected chi connectivity index (χ3v) is 4.71. The summed E-state index contributed by atoms with van der Waals surface area (Å²) in [5.74, 6) is 2.46. The average molecular weight is 400 g/mol. The molecule has 4 aromatic rings. The Balaban J connectivity index is 0.00000210. The highest BCUT2D eigenvalue weighted by Crippen LogP contribution is 2.19. The van der Waals surface area contributed by atoms with E-state index in [1.165, 1.54) is 0 Å². The van der Waals surface area contributed by atoms with Crippen LogP contribution in [0.2, 0.25) is 0 Å². The minimum atomic E-state index is 0. The Morgan fingerprint density at radius 2 is 1.89 bits per heavy atom. The molecule has 0 aliphatic carbocycles. The van der Waals surface area contributed by atoms with Gasteiger partial charge in [0.05, 0.1) is 5.69 Å². The molecule has 7 nitrogen and oxygen atoms in total. The van der Waals surface area contributed by atoms with Gasteiger partial charge in [-0.2, -0.15) is 0 Å². The number of rotatable bonds is 6. The van der Waals surface area contributed by atoms with Gasteiger partial charge in [0.1, 0.15) is 11.6 Å². The molecule has 0 bridgehead atoms. The van der Waals surface area contributed by atoms with Gasteiger partial charge in [-0.3, -0.25) is 4.57 Å². The summed E-state index contributed by atoms with van der Waals surface area (Å²) in [4.78, 5) is 21.8. The van der Waals surface area contributed by atoms with Crippen LogP contribution in [0.15, 0.2) is 54.6 Å². The van der Waals surface area contributed by atoms with Crippen molar-refractivity contribution in [3.63, 3.8) is 0 Å². The summed E-state index contributed by atoms with van der Waals surface area (Å²) in [6.07, 6.45) is 9.01. The molecule has 0 radical (unpaired) electrons. The molecule has 0 aliphatic rings. The maximum atomic E-state index is 4.57. The van der Waals surface area contributed by atoms with Crippen molar-refractivity contribution in [1.82, 2.24) is 34.8 Å². The van der Waals surface area contributed by atoms with Gasteiger partial charge in [0, 0.05) is 49.5 Å². The highest BCUT2D eigenvalue weighted by molar-refractivity contribution is 7.13. The van der Waals surface area contributed by atoms with Crippen LogP contribution in [-0.2, 0) is 13.1 Å². The van der Waals surface area contributed by atoms with E-state index in [4.69, 9.17) is 0 Å². The highest BCUT2D eigenvalue weighted by atomic mass is 35.5. The molecule has 4 heterocycles. The van der Waals surface area contributed by atoms with Crippen molar-refractivity contribution < 1.29 is 0 Å². The first-order valence-corrected chi connectivity index (χ1v) is 9.05. The van der Waals surface area contributed by atoms with E-state index in [-0.39, 0.29) is 12.4 Å². The Morgan fingerprint density at radius 1 is 1.04 bits per heavy atom. The fourth-order valence-corrected chi connectivity index (χ4v) is 3.28. The van der Waals surface area contributed by atoms with E-state index in [0.717, 1.165) is 34.5 Å². The maximum absolute atomic E-state index is 4.57. The lowest BCUT2D eigenvalue weighted by molar-refractivity contribution is 0.680. The number of nitrogens with one attached hydrogen (secondary N) is 1. The number of imidazole rings is 1. The Hall–Kier alpha value is -2.68. The van der Waals surface area contributed by atoms with Crippen molar-refractivity contribution >= 4 is 23.7 Å². The lowest BCUT2D eigenvalue weighted by Crippen LogP contribution is -2.13. The number of thiazole rings is 1. The first kappa shape index (κ1) is 19.1. The molecule has 9 heteroatoms. The fourth-order valence-electron chi connectivity index (χ4n) is 2.52. The van der Waals surface area contributed by atoms with Crippen molar-refractivity contribution in [2.45, 2.75) is 20.0 Å². The highest BCUT2D eigenvalue weighted by Gasteiger charge is 2.07. The number of halogens is 1. The van der Waals surface area contributed by atoms with E-state index in [0.29, 0.717) is 12.4 Å². The van der Waals surface area contributed by atoms with Crippen LogP contribution in [0.1, 0.15) is 17.1 Å². The standard InChI is InChI=1S/C18H17N7S.ClH/c1-13-20-7-8-25(13)16-4-3-14(10-23-16)9-19-11-15-12-26-18(24-15)17-21-5-2-6-22-17;/h2-8,10,12,19H,9,11H2,1H3;1H. The molecule has 0 saturated heterocycles. The number of hydrogen-bond donors (Lipinski definition) is 1. The SMILES string of the molecule is Cc1nccn1-c1ccc(CNCc2csc(-c3ncccn3)n2)cn1.Cl. The molecule has 4 rings (SSSR count). The normalized spacial score (nSPS) is 10.6. The summed E-state index contributed by atoms with van der Waals surface area (Å²) in [5.41, 5.74) is 2.10. The Kier molecular flexibility index (Phi) is 6.23. The lowest BCUT2D eigenvalue weighted by atomic mass is 10.2. The molecule has 0 fully saturated rings. The van der Waals surface area contributed by atoms with E-state index >= 15 is 0 Å². The van der Waals surface area contributed by atoms with Gasteiger partial charge in [0.25, 0.3) is 0 Å². The van der Waals surface area contributed by atoms with Crippen molar-refractivity contribution in [3.05, 3.63) is 71.6 Å². The monoisotopic (exact) mass is 399 g/mol. The molecule has 27 heavy (non-hydrogen) atoms. The number of hydrogen-bond acceptors (Lipinski definition) is 7. The van der Waals surface area contributed by atoms with Crippen molar-refractivity contribution in [1.29, 1.82) is 0 Å². The first-order valence-electron chi connectivity index (χ1n) is 8.17. The summed E-state index contributed by atoms with van der Waals surface area (Å²) in [6, 6.07) is 5.87. The van der Waals surface area contributed by atoms with Crippen LogP contribution in [0, 0.1) is 6.92 Å². The maximum Gasteiger partial charge on any atom is 0.188 e. The topological polar surface area (TPSA) is 81.4 Å². The first-order chi connectivity index (χ1) is 12.8. The van der Waals surface area contributed by atoms with Crippen LogP contribution in [0.3, 0.4) is 0 Å². The van der Waals surface area contributed by atoms with Crippen LogP contribution in [0.5, 0.6) is 0 Å². The molecule has 0 aromatic carbocycles. The third kappa shape index (κ3) is 4.54. The van der Waals surface area contributed by atoms with Crippen LogP contribution in [0.4, 0.5) is 0 Å². The van der Waals surface area contributed by atoms with Crippen LogP contribution in [-0.4, -0.2) is 29.5 Å². The van der Waals surface area contributed by atoms with Crippen LogP contribution >= 0.6 is 23.7 Å². The number of aromatic nitrogens is 6. The molecule has 0 atom stereocenters. The van der Waals surface area contributed by atoms with Gasteiger partial charge in [0.15, 0.2) is 10.8 Å². The molecule has 4 aromatic heterocycles. The molecular formula is C18H18ClN7S. The minimum absolute atomic E-state index is 0. The summed E-state index contributed by atoms with van der Waals surface area (Å²) < 4.78 is 1.96. The largest absolute Gasteiger partial charge is 0.307 e. The summed E-state index contributed by atoms with van der Waals surface area (Å²) in [5, 5.41) is 6.26. The van der Waals surface area contributed by atoms with Crippen molar-refractivity contribution in [3.8, 4) is 16.6 Å². The molecular weight excluding hydrogens is 382 g/mol. The predicted octanol–water partition coefficient (Wildman–Crippen LogP) is 3.20. The molecule has 0 unspecified atom stereocenters. The fraction of sp³-hybridized carbons (Fsp3) is 0.167. The van der Waals surface area contributed by atoms with Crippen LogP contribution in [0.25, 0.3) is 16.6 Å². The Morgan fingerprint density at radius 3 is 2.59 bits per heavy atom. The zero-order valence-corrected chi connectivity index (χ0v) is 16.2. The zero-order chi connectivity index (χ0) is 17.8. The van der Waals surface area contributed by atoms with Gasteiger partial charge in [-0.1, -0.05) is 6.07 Å². The molecule has 0 aliphatic heterocycles. The van der Waals surface area contributed by atoms with Crippen LogP contribution < -0.4 is 5.32 Å². The second-order valence-electron chi connectivity index (χ2n) is 5.69. The summed E-state index contributed by atoms with van der Waals surface area (Å²) in [6.45, 7) is 3.37. The zero-order valence-electron chi connectivity index (χ0n) is 14.6. The van der Waals surface area contributed by atoms with Gasteiger partial charge >= 0.3 is 0 Å². The van der Waals surface area contributed by atoms with E-state index in [1.54, 1.807) is 36.0 Å². The van der Waals surface area contributed by atoms with E-state index < -0.39 is 0 Å². The number of aryl methyl sites for hydroxylation is 1. The van der Waals surface area contributed by atoms with Gasteiger partial charge in [-0.05, 0) is 24.6 Å². The number of pyridine rings is 1. The molecule has 1 N–H and O–H groups in total. The van der Waals surface area contributed by atoms with E-state index in [2.05, 4.69) is 36.3 Å². The van der Waals surface area contributed by atoms with Gasteiger partial charge in [-0.25, -0.2) is 24.9 Å². The molecule has 0 amide bonds. The lowest BCUT2D eigenvalue weighted by Gasteiger charge is -2.06. The smallest absolute Gasteiger partial charge is 0.188 e. The van der Waals surface area contributed by atoms with Crippen molar-refractivity contribution in [2.75, 3.05) is 0 Å². The quantitative estimate of drug-likeness (QED) is 0.536. The molecule has 0 spiro atoms. The average Bonchev–Trinajstić information content (AvgIpc) is 3.32. The minimum Gasteiger partial charge on any atom is -0.307 e. The third-order valence-electron chi connectivity index (χ3n) is 3.83. The predicted molar refractivity (Wildman–Crippen MR) is 107 cm³/mol. The molecule has 138 valence electrons. The van der Waals surface area contributed by atoms with Gasteiger partial charge in [-0.15, -0.1) is 23.7 Å². The van der Waals surface area contributed by atoms with E-state index in [1.807, 2.05) is 35.3 Å². The van der Waals surface area contributed by atoms with Gasteiger partial charge < -0.3 is 5.32 Å². The van der Waals surface area contributed by atoms with Crippen molar-refractivity contribution in [2.24, 2.45) is 0 Å². The summed E-state index contributed by atoms with van der Waals surface area (Å²) in [7, 11) is 0. The van der Waals surface area contributed by atoms with Gasteiger partial charge in [0.2, 0.25) is 0 Å². The second kappa shape index (κ2) is 8.81. The number of nitrogens with zero attached hydrogens (tertiary/aromatic N) is 6.